The molecular weight excluding hydrogens is 304 g/mol. The fourth-order valence-electron chi connectivity index (χ4n) is 2.49. The molecule has 0 radical (unpaired) electrons. The van der Waals surface area contributed by atoms with Crippen molar-refractivity contribution in [1.29, 1.82) is 0 Å². The van der Waals surface area contributed by atoms with Gasteiger partial charge in [0, 0.05) is 0 Å². The van der Waals surface area contributed by atoms with Crippen LogP contribution in [0.15, 0.2) is 0 Å². The van der Waals surface area contributed by atoms with E-state index in [1.807, 2.05) is 0 Å². The van der Waals surface area contributed by atoms with Crippen LogP contribution in [-0.4, -0.2) is 111 Å². The van der Waals surface area contributed by atoms with E-state index in [0.717, 1.165) is 0 Å². The first kappa shape index (κ1) is 17.9. The molecule has 9 atom stereocenters. The summed E-state index contributed by atoms with van der Waals surface area (Å²) in [4.78, 5) is 0. The third-order valence-electron chi connectivity index (χ3n) is 3.92. The van der Waals surface area contributed by atoms with E-state index in [2.05, 4.69) is 0 Å². The zero-order valence-corrected chi connectivity index (χ0v) is 11.7. The number of ether oxygens (including phenoxy) is 3. The normalized spacial score (nSPS) is 50.0. The molecule has 2 heterocycles. The molecule has 0 aromatic heterocycles. The highest BCUT2D eigenvalue weighted by molar-refractivity contribution is 4.92. The molecule has 0 spiro atoms. The molecule has 0 amide bonds. The lowest BCUT2D eigenvalue weighted by Crippen LogP contribution is -2.62. The Bertz CT molecular complexity index is 353. The molecule has 2 aliphatic rings. The highest BCUT2D eigenvalue weighted by Gasteiger charge is 2.47. The molecule has 2 fully saturated rings. The van der Waals surface area contributed by atoms with Crippen molar-refractivity contribution in [3.05, 3.63) is 0 Å². The molecule has 9 unspecified atom stereocenters. The fourth-order valence-corrected chi connectivity index (χ4v) is 2.49. The standard InChI is InChI=1S/C12H22O10/c13-1-4-7(15)9(17)6(3-20-4)22-12-11(19)10(18)8(16)5(2-14)21-12/h4-19H,1-3H2. The number of hydrogen-bond donors (Lipinski definition) is 7. The number of aliphatic hydroxyl groups is 7. The van der Waals surface area contributed by atoms with Gasteiger partial charge in [0.05, 0.1) is 19.8 Å². The van der Waals surface area contributed by atoms with Gasteiger partial charge in [0.15, 0.2) is 6.29 Å². The van der Waals surface area contributed by atoms with E-state index in [-0.39, 0.29) is 6.61 Å². The van der Waals surface area contributed by atoms with E-state index < -0.39 is 68.3 Å². The van der Waals surface area contributed by atoms with Crippen molar-refractivity contribution in [3.8, 4) is 0 Å². The fraction of sp³-hybridized carbons (Fsp3) is 1.00. The van der Waals surface area contributed by atoms with Gasteiger partial charge in [-0.2, -0.15) is 0 Å². The van der Waals surface area contributed by atoms with Crippen LogP contribution >= 0.6 is 0 Å². The molecule has 2 aliphatic heterocycles. The van der Waals surface area contributed by atoms with E-state index in [1.165, 1.54) is 0 Å². The Morgan fingerprint density at radius 1 is 0.773 bits per heavy atom. The zero-order chi connectivity index (χ0) is 16.4. The van der Waals surface area contributed by atoms with Gasteiger partial charge in [0.1, 0.15) is 48.8 Å². The lowest BCUT2D eigenvalue weighted by molar-refractivity contribution is -0.331. The van der Waals surface area contributed by atoms with E-state index in [4.69, 9.17) is 24.4 Å². The van der Waals surface area contributed by atoms with Crippen molar-refractivity contribution in [3.63, 3.8) is 0 Å². The second-order valence-electron chi connectivity index (χ2n) is 5.41. The first-order valence-electron chi connectivity index (χ1n) is 6.95. The molecule has 2 rings (SSSR count). The Balaban J connectivity index is 2.00. The summed E-state index contributed by atoms with van der Waals surface area (Å²) < 4.78 is 15.6. The highest BCUT2D eigenvalue weighted by atomic mass is 16.7. The Labute approximate surface area is 126 Å². The first-order valence-corrected chi connectivity index (χ1v) is 6.95. The summed E-state index contributed by atoms with van der Waals surface area (Å²) in [5.41, 5.74) is 0. The van der Waals surface area contributed by atoms with Crippen molar-refractivity contribution < 1.29 is 50.0 Å². The summed E-state index contributed by atoms with van der Waals surface area (Å²) in [6.07, 6.45) is -12.1. The van der Waals surface area contributed by atoms with Crippen LogP contribution in [0.4, 0.5) is 0 Å². The number of hydrogen-bond acceptors (Lipinski definition) is 10. The summed E-state index contributed by atoms with van der Waals surface area (Å²) in [5, 5.41) is 66.9. The van der Waals surface area contributed by atoms with Crippen LogP contribution in [0.25, 0.3) is 0 Å². The predicted molar refractivity (Wildman–Crippen MR) is 67.5 cm³/mol. The average molecular weight is 326 g/mol. The van der Waals surface area contributed by atoms with Crippen LogP contribution in [0.5, 0.6) is 0 Å². The van der Waals surface area contributed by atoms with Gasteiger partial charge in [-0.3, -0.25) is 0 Å². The van der Waals surface area contributed by atoms with Crippen LogP contribution in [0.1, 0.15) is 0 Å². The maximum atomic E-state index is 9.93. The molecule has 7 N–H and O–H groups in total. The van der Waals surface area contributed by atoms with Crippen LogP contribution in [-0.2, 0) is 14.2 Å². The Morgan fingerprint density at radius 2 is 1.36 bits per heavy atom. The minimum absolute atomic E-state index is 0.182. The molecule has 130 valence electrons. The number of rotatable bonds is 4. The SMILES string of the molecule is OCC1OCC(OC2OC(CO)C(O)C(O)C2O)C(O)C1O. The van der Waals surface area contributed by atoms with E-state index in [0.29, 0.717) is 0 Å². The van der Waals surface area contributed by atoms with Crippen molar-refractivity contribution in [2.75, 3.05) is 19.8 Å². The summed E-state index contributed by atoms with van der Waals surface area (Å²) in [6, 6.07) is 0. The topological polar surface area (TPSA) is 169 Å². The summed E-state index contributed by atoms with van der Waals surface area (Å²) in [7, 11) is 0. The van der Waals surface area contributed by atoms with Crippen molar-refractivity contribution >= 4 is 0 Å². The van der Waals surface area contributed by atoms with Crippen molar-refractivity contribution in [2.24, 2.45) is 0 Å². The molecule has 10 heteroatoms. The molecule has 0 aromatic rings. The Morgan fingerprint density at radius 3 is 1.95 bits per heavy atom. The van der Waals surface area contributed by atoms with Gasteiger partial charge in [-0.1, -0.05) is 0 Å². The van der Waals surface area contributed by atoms with Crippen LogP contribution in [0.3, 0.4) is 0 Å². The minimum atomic E-state index is -1.61. The molecule has 22 heavy (non-hydrogen) atoms. The van der Waals surface area contributed by atoms with E-state index >= 15 is 0 Å². The number of aliphatic hydroxyl groups excluding tert-OH is 7. The van der Waals surface area contributed by atoms with Gasteiger partial charge >= 0.3 is 0 Å². The molecule has 0 bridgehead atoms. The van der Waals surface area contributed by atoms with E-state index in [1.54, 1.807) is 0 Å². The maximum Gasteiger partial charge on any atom is 0.187 e. The van der Waals surface area contributed by atoms with Crippen LogP contribution in [0, 0.1) is 0 Å². The summed E-state index contributed by atoms with van der Waals surface area (Å²) >= 11 is 0. The summed E-state index contributed by atoms with van der Waals surface area (Å²) in [5.74, 6) is 0. The highest BCUT2D eigenvalue weighted by Crippen LogP contribution is 2.26. The van der Waals surface area contributed by atoms with Gasteiger partial charge in [0.25, 0.3) is 0 Å². The molecule has 2 saturated heterocycles. The van der Waals surface area contributed by atoms with Gasteiger partial charge in [-0.15, -0.1) is 0 Å². The van der Waals surface area contributed by atoms with Crippen LogP contribution in [0.2, 0.25) is 0 Å². The molecule has 10 nitrogen and oxygen atoms in total. The lowest BCUT2D eigenvalue weighted by atomic mass is 9.98. The predicted octanol–water partition coefficient (Wildman–Crippen LogP) is -4.72. The second kappa shape index (κ2) is 7.45. The molecule has 0 aliphatic carbocycles. The third-order valence-corrected chi connectivity index (χ3v) is 3.92. The van der Waals surface area contributed by atoms with Crippen LogP contribution < -0.4 is 0 Å². The molecular formula is C12H22O10. The monoisotopic (exact) mass is 326 g/mol. The first-order chi connectivity index (χ1) is 10.4. The third kappa shape index (κ3) is 3.41. The van der Waals surface area contributed by atoms with Gasteiger partial charge in [-0.05, 0) is 0 Å². The largest absolute Gasteiger partial charge is 0.394 e. The second-order valence-corrected chi connectivity index (χ2v) is 5.41. The maximum absolute atomic E-state index is 9.93. The van der Waals surface area contributed by atoms with E-state index in [9.17, 15) is 25.5 Å². The Kier molecular flexibility index (Phi) is 6.07. The summed E-state index contributed by atoms with van der Waals surface area (Å²) in [6.45, 7) is -1.27. The Hall–Kier alpha value is -0.400. The minimum Gasteiger partial charge on any atom is -0.394 e. The van der Waals surface area contributed by atoms with Gasteiger partial charge < -0.3 is 50.0 Å². The smallest absolute Gasteiger partial charge is 0.187 e. The van der Waals surface area contributed by atoms with Gasteiger partial charge in [-0.25, -0.2) is 0 Å². The molecule has 0 saturated carbocycles. The van der Waals surface area contributed by atoms with Crippen molar-refractivity contribution in [1.82, 2.24) is 0 Å². The van der Waals surface area contributed by atoms with Crippen molar-refractivity contribution in [2.45, 2.75) is 55.1 Å². The quantitative estimate of drug-likeness (QED) is 0.266. The lowest BCUT2D eigenvalue weighted by Gasteiger charge is -2.43. The zero-order valence-electron chi connectivity index (χ0n) is 11.7. The average Bonchev–Trinajstić information content (AvgIpc) is 2.52. The molecule has 0 aromatic carbocycles. The van der Waals surface area contributed by atoms with Gasteiger partial charge in [0.2, 0.25) is 0 Å².